The van der Waals surface area contributed by atoms with Crippen LogP contribution < -0.4 is 0 Å². The van der Waals surface area contributed by atoms with E-state index in [4.69, 9.17) is 0 Å². The molecule has 0 saturated carbocycles. The Kier molecular flexibility index (Phi) is 2.44. The van der Waals surface area contributed by atoms with Crippen LogP contribution in [-0.2, 0) is 4.79 Å². The molecule has 0 fully saturated rings. The molecule has 1 aromatic heterocycles. The normalized spacial score (nSPS) is 11.5. The van der Waals surface area contributed by atoms with Crippen molar-refractivity contribution in [2.75, 3.05) is 0 Å². The van der Waals surface area contributed by atoms with Crippen LogP contribution in [0.2, 0.25) is 0 Å². The highest BCUT2D eigenvalue weighted by Gasteiger charge is 1.99. The topological polar surface area (TPSA) is 37.3 Å². The molecule has 0 amide bonds. The Balaban J connectivity index is 2.86. The van der Waals surface area contributed by atoms with Crippen molar-refractivity contribution in [2.24, 2.45) is 0 Å². The average molecular weight is 168 g/mol. The first-order valence-corrected chi connectivity index (χ1v) is 4.03. The lowest BCUT2D eigenvalue weighted by Gasteiger charge is -1.91. The molecular formula is C8H8O2S. The molecule has 0 radical (unpaired) electrons. The van der Waals surface area contributed by atoms with E-state index in [1.807, 2.05) is 11.4 Å². The lowest BCUT2D eigenvalue weighted by Crippen LogP contribution is -1.85. The molecule has 11 heavy (non-hydrogen) atoms. The summed E-state index contributed by atoms with van der Waals surface area (Å²) in [6.45, 7) is 1.41. The first-order chi connectivity index (χ1) is 5.20. The molecule has 0 spiro atoms. The van der Waals surface area contributed by atoms with Crippen molar-refractivity contribution in [2.45, 2.75) is 6.92 Å². The van der Waals surface area contributed by atoms with E-state index in [0.29, 0.717) is 0 Å². The molecule has 0 saturated heterocycles. The van der Waals surface area contributed by atoms with Gasteiger partial charge in [-0.1, -0.05) is 6.07 Å². The van der Waals surface area contributed by atoms with E-state index in [0.717, 1.165) is 4.88 Å². The van der Waals surface area contributed by atoms with Crippen molar-refractivity contribution in [1.29, 1.82) is 0 Å². The summed E-state index contributed by atoms with van der Waals surface area (Å²) in [5.41, 5.74) is 0. The van der Waals surface area contributed by atoms with Gasteiger partial charge in [-0.25, -0.2) is 0 Å². The number of carbonyl (C=O) groups excluding carboxylic acids is 1. The molecule has 0 unspecified atom stereocenters. The van der Waals surface area contributed by atoms with Gasteiger partial charge in [-0.2, -0.15) is 0 Å². The number of hydrogen-bond donors (Lipinski definition) is 1. The van der Waals surface area contributed by atoms with Crippen molar-refractivity contribution in [1.82, 2.24) is 0 Å². The fourth-order valence-corrected chi connectivity index (χ4v) is 1.33. The van der Waals surface area contributed by atoms with Crippen LogP contribution >= 0.6 is 11.3 Å². The van der Waals surface area contributed by atoms with Crippen molar-refractivity contribution in [3.05, 3.63) is 28.5 Å². The van der Waals surface area contributed by atoms with Gasteiger partial charge in [0.15, 0.2) is 5.78 Å². The maximum Gasteiger partial charge on any atom is 0.156 e. The first-order valence-electron chi connectivity index (χ1n) is 3.15. The molecule has 0 aliphatic rings. The maximum absolute atomic E-state index is 10.5. The Morgan fingerprint density at radius 1 is 1.73 bits per heavy atom. The number of aliphatic hydroxyl groups is 1. The summed E-state index contributed by atoms with van der Waals surface area (Å²) in [6, 6.07) is 3.59. The van der Waals surface area contributed by atoms with Gasteiger partial charge in [0.25, 0.3) is 0 Å². The number of ketones is 1. The van der Waals surface area contributed by atoms with Gasteiger partial charge in [-0.15, -0.1) is 11.3 Å². The van der Waals surface area contributed by atoms with Crippen LogP contribution in [0.3, 0.4) is 0 Å². The number of hydrogen-bond acceptors (Lipinski definition) is 3. The maximum atomic E-state index is 10.5. The summed E-state index contributed by atoms with van der Waals surface area (Å²) in [6.07, 6.45) is 1.21. The fraction of sp³-hybridized carbons (Fsp3) is 0.125. The van der Waals surface area contributed by atoms with Crippen LogP contribution in [0.4, 0.5) is 0 Å². The highest BCUT2D eigenvalue weighted by Crippen LogP contribution is 2.16. The number of thiophene rings is 1. The minimum atomic E-state index is -0.143. The zero-order valence-corrected chi connectivity index (χ0v) is 6.89. The van der Waals surface area contributed by atoms with E-state index in [-0.39, 0.29) is 11.5 Å². The Morgan fingerprint density at radius 3 is 2.91 bits per heavy atom. The SMILES string of the molecule is CC(=O)C=C(O)c1cccs1. The van der Waals surface area contributed by atoms with E-state index in [1.165, 1.54) is 24.3 Å². The van der Waals surface area contributed by atoms with Crippen LogP contribution in [0.5, 0.6) is 0 Å². The van der Waals surface area contributed by atoms with Crippen molar-refractivity contribution in [3.8, 4) is 0 Å². The lowest BCUT2D eigenvalue weighted by atomic mass is 10.3. The molecule has 0 aliphatic heterocycles. The third-order valence-electron chi connectivity index (χ3n) is 1.11. The van der Waals surface area contributed by atoms with E-state index >= 15 is 0 Å². The second-order valence-corrected chi connectivity index (χ2v) is 3.07. The zero-order valence-electron chi connectivity index (χ0n) is 6.07. The Morgan fingerprint density at radius 2 is 2.45 bits per heavy atom. The van der Waals surface area contributed by atoms with Crippen LogP contribution in [-0.4, -0.2) is 10.9 Å². The van der Waals surface area contributed by atoms with E-state index < -0.39 is 0 Å². The van der Waals surface area contributed by atoms with Gasteiger partial charge in [-0.3, -0.25) is 4.79 Å². The number of carbonyl (C=O) groups is 1. The largest absolute Gasteiger partial charge is 0.506 e. The van der Waals surface area contributed by atoms with Crippen LogP contribution in [0, 0.1) is 0 Å². The summed E-state index contributed by atoms with van der Waals surface area (Å²) < 4.78 is 0. The highest BCUT2D eigenvalue weighted by molar-refractivity contribution is 7.11. The van der Waals surface area contributed by atoms with Crippen molar-refractivity contribution >= 4 is 22.9 Å². The predicted octanol–water partition coefficient (Wildman–Crippen LogP) is 2.24. The summed E-state index contributed by atoms with van der Waals surface area (Å²) >= 11 is 1.40. The Bertz CT molecular complexity index is 272. The standard InChI is InChI=1S/C8H8O2S/c1-6(9)5-7(10)8-3-2-4-11-8/h2-5,10H,1H3. The second kappa shape index (κ2) is 3.34. The third kappa shape index (κ3) is 2.20. The van der Waals surface area contributed by atoms with Gasteiger partial charge in [-0.05, 0) is 18.4 Å². The molecule has 1 heterocycles. The van der Waals surface area contributed by atoms with Crippen molar-refractivity contribution in [3.63, 3.8) is 0 Å². The van der Waals surface area contributed by atoms with E-state index in [1.54, 1.807) is 6.07 Å². The van der Waals surface area contributed by atoms with Crippen LogP contribution in [0.15, 0.2) is 23.6 Å². The molecule has 1 N–H and O–H groups in total. The molecule has 0 atom stereocenters. The van der Waals surface area contributed by atoms with Crippen molar-refractivity contribution < 1.29 is 9.90 Å². The molecule has 0 aromatic carbocycles. The molecule has 0 aliphatic carbocycles. The van der Waals surface area contributed by atoms with Crippen LogP contribution in [0.25, 0.3) is 5.76 Å². The Labute approximate surface area is 68.8 Å². The zero-order chi connectivity index (χ0) is 8.27. The first kappa shape index (κ1) is 8.01. The van der Waals surface area contributed by atoms with Gasteiger partial charge >= 0.3 is 0 Å². The summed E-state index contributed by atoms with van der Waals surface area (Å²) in [5.74, 6) is -0.0941. The van der Waals surface area contributed by atoms with Gasteiger partial charge < -0.3 is 5.11 Å². The molecule has 1 aromatic rings. The molecular weight excluding hydrogens is 160 g/mol. The predicted molar refractivity (Wildman–Crippen MR) is 45.6 cm³/mol. The smallest absolute Gasteiger partial charge is 0.156 e. The van der Waals surface area contributed by atoms with Gasteiger partial charge in [0.05, 0.1) is 4.88 Å². The third-order valence-corrected chi connectivity index (χ3v) is 2.01. The fourth-order valence-electron chi connectivity index (χ4n) is 0.688. The van der Waals surface area contributed by atoms with Crippen LogP contribution in [0.1, 0.15) is 11.8 Å². The molecule has 0 bridgehead atoms. The number of allylic oxidation sites excluding steroid dienone is 1. The quantitative estimate of drug-likeness (QED) is 0.543. The van der Waals surface area contributed by atoms with E-state index in [9.17, 15) is 9.90 Å². The minimum absolute atomic E-state index is 0.0486. The Hall–Kier alpha value is -1.09. The van der Waals surface area contributed by atoms with Gasteiger partial charge in [0, 0.05) is 6.08 Å². The highest BCUT2D eigenvalue weighted by atomic mass is 32.1. The minimum Gasteiger partial charge on any atom is -0.506 e. The average Bonchev–Trinajstić information content (AvgIpc) is 2.35. The lowest BCUT2D eigenvalue weighted by molar-refractivity contribution is -0.112. The number of aliphatic hydroxyl groups excluding tert-OH is 1. The molecule has 1 rings (SSSR count). The number of rotatable bonds is 2. The molecule has 2 nitrogen and oxygen atoms in total. The summed E-state index contributed by atoms with van der Waals surface area (Å²) in [5, 5.41) is 11.1. The molecule has 3 heteroatoms. The monoisotopic (exact) mass is 168 g/mol. The van der Waals surface area contributed by atoms with Gasteiger partial charge in [0.1, 0.15) is 5.76 Å². The summed E-state index contributed by atoms with van der Waals surface area (Å²) in [7, 11) is 0. The second-order valence-electron chi connectivity index (χ2n) is 2.12. The summed E-state index contributed by atoms with van der Waals surface area (Å²) in [4.78, 5) is 11.2. The van der Waals surface area contributed by atoms with Gasteiger partial charge in [0.2, 0.25) is 0 Å². The molecule has 58 valence electrons. The van der Waals surface area contributed by atoms with E-state index in [2.05, 4.69) is 0 Å².